The van der Waals surface area contributed by atoms with Gasteiger partial charge in [0.15, 0.2) is 11.5 Å². The standard InChI is InChI=1S/C20H24N2O4/c1-5-21-10-11-22(16-9-7-6-8-15(16)21)20(23)14-12-17(24-2)19(26-4)18(13-14)25-3/h6-9,12-13H,5,10-11H2,1-4H3. The molecule has 1 aliphatic rings. The summed E-state index contributed by atoms with van der Waals surface area (Å²) >= 11 is 0. The number of nitrogens with zero attached hydrogens (tertiary/aromatic N) is 2. The molecular weight excluding hydrogens is 332 g/mol. The minimum atomic E-state index is -0.0903. The molecule has 26 heavy (non-hydrogen) atoms. The highest BCUT2D eigenvalue weighted by Gasteiger charge is 2.28. The highest BCUT2D eigenvalue weighted by Crippen LogP contribution is 2.40. The molecule has 1 amide bonds. The molecule has 6 nitrogen and oxygen atoms in total. The molecule has 0 unspecified atom stereocenters. The van der Waals surface area contributed by atoms with Crippen molar-refractivity contribution in [2.24, 2.45) is 0 Å². The van der Waals surface area contributed by atoms with E-state index in [4.69, 9.17) is 14.2 Å². The number of rotatable bonds is 5. The summed E-state index contributed by atoms with van der Waals surface area (Å²) in [6, 6.07) is 11.4. The van der Waals surface area contributed by atoms with Crippen molar-refractivity contribution >= 4 is 17.3 Å². The van der Waals surface area contributed by atoms with E-state index in [0.717, 1.165) is 24.5 Å². The number of methoxy groups -OCH3 is 3. The molecule has 0 bridgehead atoms. The Bertz CT molecular complexity index is 781. The van der Waals surface area contributed by atoms with Gasteiger partial charge in [0.2, 0.25) is 5.75 Å². The summed E-state index contributed by atoms with van der Waals surface area (Å²) in [5, 5.41) is 0. The molecule has 1 heterocycles. The fraction of sp³-hybridized carbons (Fsp3) is 0.350. The van der Waals surface area contributed by atoms with Gasteiger partial charge in [-0.1, -0.05) is 12.1 Å². The van der Waals surface area contributed by atoms with E-state index in [1.807, 2.05) is 29.2 Å². The van der Waals surface area contributed by atoms with Crippen LogP contribution in [-0.2, 0) is 0 Å². The average Bonchev–Trinajstić information content (AvgIpc) is 2.71. The van der Waals surface area contributed by atoms with Crippen LogP contribution in [0, 0.1) is 0 Å². The number of anilines is 2. The predicted molar refractivity (Wildman–Crippen MR) is 102 cm³/mol. The maximum atomic E-state index is 13.2. The van der Waals surface area contributed by atoms with E-state index in [0.29, 0.717) is 29.4 Å². The molecule has 3 rings (SSSR count). The Kier molecular flexibility index (Phi) is 5.21. The third-order valence-electron chi connectivity index (χ3n) is 4.65. The van der Waals surface area contributed by atoms with Crippen molar-refractivity contribution < 1.29 is 19.0 Å². The summed E-state index contributed by atoms with van der Waals surface area (Å²) in [5.74, 6) is 1.32. The first-order chi connectivity index (χ1) is 12.6. The lowest BCUT2D eigenvalue weighted by molar-refractivity contribution is 0.0986. The number of para-hydroxylation sites is 2. The minimum absolute atomic E-state index is 0.0903. The largest absolute Gasteiger partial charge is 0.493 e. The molecular formula is C20H24N2O4. The smallest absolute Gasteiger partial charge is 0.258 e. The first-order valence-electron chi connectivity index (χ1n) is 8.60. The topological polar surface area (TPSA) is 51.2 Å². The van der Waals surface area contributed by atoms with E-state index in [2.05, 4.69) is 11.8 Å². The summed E-state index contributed by atoms with van der Waals surface area (Å²) in [4.78, 5) is 17.3. The van der Waals surface area contributed by atoms with Gasteiger partial charge >= 0.3 is 0 Å². The number of hydrogen-bond donors (Lipinski definition) is 0. The number of benzene rings is 2. The lowest BCUT2D eigenvalue weighted by Crippen LogP contribution is -2.44. The molecule has 2 aromatic rings. The average molecular weight is 356 g/mol. The second-order valence-electron chi connectivity index (χ2n) is 5.94. The van der Waals surface area contributed by atoms with Gasteiger partial charge in [-0.3, -0.25) is 4.79 Å². The van der Waals surface area contributed by atoms with Crippen LogP contribution in [-0.4, -0.2) is 46.9 Å². The molecule has 0 atom stereocenters. The quantitative estimate of drug-likeness (QED) is 0.823. The molecule has 2 aromatic carbocycles. The van der Waals surface area contributed by atoms with Crippen LogP contribution in [0.2, 0.25) is 0 Å². The highest BCUT2D eigenvalue weighted by atomic mass is 16.5. The molecule has 6 heteroatoms. The van der Waals surface area contributed by atoms with Crippen molar-refractivity contribution in [1.82, 2.24) is 0 Å². The Morgan fingerprint density at radius 1 is 0.962 bits per heavy atom. The van der Waals surface area contributed by atoms with E-state index in [1.54, 1.807) is 33.5 Å². The Labute approximate surface area is 153 Å². The van der Waals surface area contributed by atoms with E-state index < -0.39 is 0 Å². The van der Waals surface area contributed by atoms with E-state index in [9.17, 15) is 4.79 Å². The van der Waals surface area contributed by atoms with Gasteiger partial charge in [-0.2, -0.15) is 0 Å². The summed E-state index contributed by atoms with van der Waals surface area (Å²) in [6.45, 7) is 4.45. The summed E-state index contributed by atoms with van der Waals surface area (Å²) in [6.07, 6.45) is 0. The van der Waals surface area contributed by atoms with Crippen molar-refractivity contribution in [1.29, 1.82) is 0 Å². The first kappa shape index (κ1) is 17.9. The lowest BCUT2D eigenvalue weighted by atomic mass is 10.1. The monoisotopic (exact) mass is 356 g/mol. The minimum Gasteiger partial charge on any atom is -0.493 e. The Morgan fingerprint density at radius 3 is 2.12 bits per heavy atom. The van der Waals surface area contributed by atoms with Gasteiger partial charge in [-0.25, -0.2) is 0 Å². The molecule has 0 saturated carbocycles. The van der Waals surface area contributed by atoms with Gasteiger partial charge < -0.3 is 24.0 Å². The second-order valence-corrected chi connectivity index (χ2v) is 5.94. The lowest BCUT2D eigenvalue weighted by Gasteiger charge is -2.37. The van der Waals surface area contributed by atoms with Crippen LogP contribution >= 0.6 is 0 Å². The summed E-state index contributed by atoms with van der Waals surface area (Å²) < 4.78 is 16.1. The van der Waals surface area contributed by atoms with E-state index in [-0.39, 0.29) is 5.91 Å². The van der Waals surface area contributed by atoms with E-state index in [1.165, 1.54) is 0 Å². The van der Waals surface area contributed by atoms with Crippen LogP contribution < -0.4 is 24.0 Å². The predicted octanol–water partition coefficient (Wildman–Crippen LogP) is 3.20. The third kappa shape index (κ3) is 3.03. The van der Waals surface area contributed by atoms with Gasteiger partial charge in [0.1, 0.15) is 0 Å². The van der Waals surface area contributed by atoms with Crippen LogP contribution in [0.3, 0.4) is 0 Å². The van der Waals surface area contributed by atoms with Gasteiger partial charge in [0.25, 0.3) is 5.91 Å². The second kappa shape index (κ2) is 7.56. The normalized spacial score (nSPS) is 13.2. The maximum Gasteiger partial charge on any atom is 0.258 e. The van der Waals surface area contributed by atoms with Crippen LogP contribution in [0.25, 0.3) is 0 Å². The van der Waals surface area contributed by atoms with Crippen LogP contribution in [0.15, 0.2) is 36.4 Å². The molecule has 0 radical (unpaired) electrons. The SMILES string of the molecule is CCN1CCN(C(=O)c2cc(OC)c(OC)c(OC)c2)c2ccccc21. The molecule has 0 aliphatic carbocycles. The number of amides is 1. The molecule has 0 spiro atoms. The molecule has 0 aromatic heterocycles. The van der Waals surface area contributed by atoms with Gasteiger partial charge in [0.05, 0.1) is 32.7 Å². The highest BCUT2D eigenvalue weighted by molar-refractivity contribution is 6.09. The van der Waals surface area contributed by atoms with Gasteiger partial charge in [-0.05, 0) is 31.2 Å². The zero-order valence-electron chi connectivity index (χ0n) is 15.6. The van der Waals surface area contributed by atoms with Crippen molar-refractivity contribution in [2.45, 2.75) is 6.92 Å². The van der Waals surface area contributed by atoms with Crippen molar-refractivity contribution in [3.63, 3.8) is 0 Å². The molecule has 0 N–H and O–H groups in total. The zero-order valence-corrected chi connectivity index (χ0v) is 15.6. The molecule has 0 saturated heterocycles. The fourth-order valence-corrected chi connectivity index (χ4v) is 3.32. The first-order valence-corrected chi connectivity index (χ1v) is 8.60. The van der Waals surface area contributed by atoms with Crippen molar-refractivity contribution in [2.75, 3.05) is 50.8 Å². The number of hydrogen-bond acceptors (Lipinski definition) is 5. The zero-order chi connectivity index (χ0) is 18.7. The van der Waals surface area contributed by atoms with Crippen LogP contribution in [0.4, 0.5) is 11.4 Å². The van der Waals surface area contributed by atoms with Gasteiger partial charge in [0, 0.05) is 25.2 Å². The Balaban J connectivity index is 2.02. The fourth-order valence-electron chi connectivity index (χ4n) is 3.32. The van der Waals surface area contributed by atoms with Crippen LogP contribution in [0.5, 0.6) is 17.2 Å². The summed E-state index contributed by atoms with van der Waals surface area (Å²) in [5.41, 5.74) is 2.49. The maximum absolute atomic E-state index is 13.2. The van der Waals surface area contributed by atoms with E-state index >= 15 is 0 Å². The third-order valence-corrected chi connectivity index (χ3v) is 4.65. The number of likely N-dealkylation sites (N-methyl/N-ethyl adjacent to an activating group) is 1. The number of carbonyl (C=O) groups is 1. The Morgan fingerprint density at radius 2 is 1.58 bits per heavy atom. The van der Waals surface area contributed by atoms with Crippen molar-refractivity contribution in [3.8, 4) is 17.2 Å². The van der Waals surface area contributed by atoms with Crippen molar-refractivity contribution in [3.05, 3.63) is 42.0 Å². The number of fused-ring (bicyclic) bond motifs is 1. The number of carbonyl (C=O) groups excluding carboxylic acids is 1. The molecule has 138 valence electrons. The van der Waals surface area contributed by atoms with Crippen LogP contribution in [0.1, 0.15) is 17.3 Å². The van der Waals surface area contributed by atoms with Gasteiger partial charge in [-0.15, -0.1) is 0 Å². The molecule has 1 aliphatic heterocycles. The Hall–Kier alpha value is -2.89. The number of ether oxygens (including phenoxy) is 3. The summed E-state index contributed by atoms with van der Waals surface area (Å²) in [7, 11) is 4.63. The molecule has 0 fully saturated rings.